The highest BCUT2D eigenvalue weighted by molar-refractivity contribution is 6.03. The zero-order chi connectivity index (χ0) is 16.0. The van der Waals surface area contributed by atoms with E-state index in [4.69, 9.17) is 4.74 Å². The Hall–Kier alpha value is -0.940. The van der Waals surface area contributed by atoms with E-state index in [-0.39, 0.29) is 28.6 Å². The minimum absolute atomic E-state index is 0.0126. The largest absolute Gasteiger partial charge is 0.379 e. The number of hydrogen-bond acceptors (Lipinski definition) is 4. The smallest absolute Gasteiger partial charge is 0.235 e. The van der Waals surface area contributed by atoms with E-state index in [9.17, 15) is 9.59 Å². The van der Waals surface area contributed by atoms with Gasteiger partial charge < -0.3 is 4.74 Å². The minimum atomic E-state index is -0.370. The van der Waals surface area contributed by atoms with Crippen LogP contribution in [0.2, 0.25) is 0 Å². The Morgan fingerprint density at radius 2 is 1.82 bits per heavy atom. The lowest BCUT2D eigenvalue weighted by atomic mass is 9.62. The summed E-state index contributed by atoms with van der Waals surface area (Å²) in [5.74, 6) is 0.128. The third-order valence-corrected chi connectivity index (χ3v) is 6.47. The number of morpholine rings is 1. The number of carbonyl (C=O) groups excluding carboxylic acids is 2. The predicted octanol–water partition coefficient (Wildman–Crippen LogP) is 1.52. The van der Waals surface area contributed by atoms with Gasteiger partial charge in [0.2, 0.25) is 11.8 Å². The molecule has 22 heavy (non-hydrogen) atoms. The van der Waals surface area contributed by atoms with Gasteiger partial charge in [-0.15, -0.1) is 0 Å². The van der Waals surface area contributed by atoms with Crippen molar-refractivity contribution in [3.05, 3.63) is 0 Å². The maximum Gasteiger partial charge on any atom is 0.235 e. The van der Waals surface area contributed by atoms with E-state index in [0.717, 1.165) is 52.1 Å². The van der Waals surface area contributed by atoms with E-state index in [2.05, 4.69) is 25.7 Å². The second-order valence-corrected chi connectivity index (χ2v) is 7.75. The quantitative estimate of drug-likeness (QED) is 0.739. The molecule has 2 heterocycles. The van der Waals surface area contributed by atoms with E-state index in [1.165, 1.54) is 0 Å². The second kappa shape index (κ2) is 5.60. The van der Waals surface area contributed by atoms with Crippen molar-refractivity contribution in [2.24, 2.45) is 16.7 Å². The van der Waals surface area contributed by atoms with Gasteiger partial charge in [-0.3, -0.25) is 19.4 Å². The van der Waals surface area contributed by atoms with E-state index in [1.807, 2.05) is 0 Å². The molecule has 2 atom stereocenters. The number of nitrogens with zero attached hydrogens (tertiary/aromatic N) is 2. The van der Waals surface area contributed by atoms with Crippen molar-refractivity contribution >= 4 is 11.8 Å². The molecule has 0 spiro atoms. The van der Waals surface area contributed by atoms with Crippen LogP contribution in [-0.4, -0.2) is 61.0 Å². The molecule has 124 valence electrons. The number of hydrogen-bond donors (Lipinski definition) is 0. The number of rotatable bonds is 4. The van der Waals surface area contributed by atoms with E-state index >= 15 is 0 Å². The van der Waals surface area contributed by atoms with Crippen molar-refractivity contribution in [1.29, 1.82) is 0 Å². The van der Waals surface area contributed by atoms with Crippen LogP contribution in [0.15, 0.2) is 0 Å². The Bertz CT molecular complexity index is 471. The van der Waals surface area contributed by atoms with Gasteiger partial charge in [0.25, 0.3) is 0 Å². The van der Waals surface area contributed by atoms with E-state index in [1.54, 1.807) is 4.90 Å². The molecule has 3 aliphatic rings. The summed E-state index contributed by atoms with van der Waals surface area (Å²) in [6.07, 6.45) is 2.56. The fourth-order valence-corrected chi connectivity index (χ4v) is 4.39. The highest BCUT2D eigenvalue weighted by Gasteiger charge is 2.64. The Labute approximate surface area is 133 Å². The third kappa shape index (κ3) is 2.29. The van der Waals surface area contributed by atoms with E-state index < -0.39 is 0 Å². The molecule has 5 heteroatoms. The zero-order valence-corrected chi connectivity index (χ0v) is 14.1. The molecule has 3 fully saturated rings. The summed E-state index contributed by atoms with van der Waals surface area (Å²) in [5, 5.41) is 0. The molecule has 0 aromatic carbocycles. The summed E-state index contributed by atoms with van der Waals surface area (Å²) < 4.78 is 5.34. The number of ether oxygens (including phenoxy) is 1. The second-order valence-electron chi connectivity index (χ2n) is 7.75. The number of amides is 2. The lowest BCUT2D eigenvalue weighted by Gasteiger charge is -2.47. The van der Waals surface area contributed by atoms with Gasteiger partial charge in [-0.2, -0.15) is 0 Å². The third-order valence-electron chi connectivity index (χ3n) is 6.47. The summed E-state index contributed by atoms with van der Waals surface area (Å²) in [5.41, 5.74) is -0.577. The van der Waals surface area contributed by atoms with Gasteiger partial charge in [-0.25, -0.2) is 0 Å². The lowest BCUT2D eigenvalue weighted by Crippen LogP contribution is -2.59. The van der Waals surface area contributed by atoms with Crippen LogP contribution < -0.4 is 0 Å². The fraction of sp³-hybridized carbons (Fsp3) is 0.882. The van der Waals surface area contributed by atoms with Crippen molar-refractivity contribution in [3.8, 4) is 0 Å². The SMILES string of the molecule is CC1(C)[C@@H]2CC[C@@]1(C)C(=O)N(CCCN1CCOCC1)C2=O. The molecule has 0 unspecified atom stereocenters. The minimum Gasteiger partial charge on any atom is -0.379 e. The lowest BCUT2D eigenvalue weighted by molar-refractivity contribution is -0.167. The maximum absolute atomic E-state index is 12.9. The summed E-state index contributed by atoms with van der Waals surface area (Å²) in [6.45, 7) is 11.2. The molecule has 0 radical (unpaired) electrons. The van der Waals surface area contributed by atoms with Crippen molar-refractivity contribution < 1.29 is 14.3 Å². The molecule has 1 aliphatic carbocycles. The van der Waals surface area contributed by atoms with E-state index in [0.29, 0.717) is 6.54 Å². The zero-order valence-electron chi connectivity index (χ0n) is 14.1. The number of carbonyl (C=O) groups is 2. The first kappa shape index (κ1) is 15.9. The standard InChI is InChI=1S/C17H28N2O3/c1-16(2)13-5-6-17(16,3)15(21)19(14(13)20)8-4-7-18-9-11-22-12-10-18/h13H,4-12H2,1-3H3/t13-,17+/m1/s1. The molecule has 2 amide bonds. The molecule has 0 aromatic rings. The first-order chi connectivity index (χ1) is 10.4. The molecule has 2 aliphatic heterocycles. The van der Waals surface area contributed by atoms with Gasteiger partial charge in [0.05, 0.1) is 18.6 Å². The van der Waals surface area contributed by atoms with Gasteiger partial charge in [-0.05, 0) is 24.7 Å². The molecule has 3 rings (SSSR count). The summed E-state index contributed by atoms with van der Waals surface area (Å²) in [7, 11) is 0. The van der Waals surface area contributed by atoms with Crippen LogP contribution in [0.4, 0.5) is 0 Å². The van der Waals surface area contributed by atoms with Gasteiger partial charge in [-0.1, -0.05) is 20.8 Å². The molecular formula is C17H28N2O3. The highest BCUT2D eigenvalue weighted by atomic mass is 16.5. The first-order valence-corrected chi connectivity index (χ1v) is 8.54. The fourth-order valence-electron chi connectivity index (χ4n) is 4.39. The molecule has 0 N–H and O–H groups in total. The van der Waals surface area contributed by atoms with Gasteiger partial charge in [0.15, 0.2) is 0 Å². The Morgan fingerprint density at radius 3 is 2.50 bits per heavy atom. The molecule has 2 saturated heterocycles. The number of imide groups is 1. The number of piperidine rings is 1. The monoisotopic (exact) mass is 308 g/mol. The van der Waals surface area contributed by atoms with Crippen LogP contribution in [0.3, 0.4) is 0 Å². The average molecular weight is 308 g/mol. The maximum atomic E-state index is 12.9. The Morgan fingerprint density at radius 1 is 1.14 bits per heavy atom. The normalized spacial score (nSPS) is 35.2. The molecular weight excluding hydrogens is 280 g/mol. The van der Waals surface area contributed by atoms with Crippen LogP contribution >= 0.6 is 0 Å². The van der Waals surface area contributed by atoms with Gasteiger partial charge in [0.1, 0.15) is 0 Å². The van der Waals surface area contributed by atoms with Crippen molar-refractivity contribution in [2.75, 3.05) is 39.4 Å². The number of fused-ring (bicyclic) bond motifs is 2. The summed E-state index contributed by atoms with van der Waals surface area (Å²) >= 11 is 0. The Kier molecular flexibility index (Phi) is 4.06. The average Bonchev–Trinajstić information content (AvgIpc) is 2.68. The molecule has 5 nitrogen and oxygen atoms in total. The van der Waals surface area contributed by atoms with Crippen LogP contribution in [-0.2, 0) is 14.3 Å². The van der Waals surface area contributed by atoms with Crippen molar-refractivity contribution in [1.82, 2.24) is 9.80 Å². The van der Waals surface area contributed by atoms with Crippen LogP contribution in [0, 0.1) is 16.7 Å². The van der Waals surface area contributed by atoms with Crippen molar-refractivity contribution in [2.45, 2.75) is 40.0 Å². The summed E-state index contributed by atoms with van der Waals surface area (Å²) in [6, 6.07) is 0. The van der Waals surface area contributed by atoms with Crippen LogP contribution in [0.25, 0.3) is 0 Å². The Balaban J connectivity index is 1.62. The molecule has 1 saturated carbocycles. The van der Waals surface area contributed by atoms with Gasteiger partial charge in [0, 0.05) is 32.1 Å². The van der Waals surface area contributed by atoms with Crippen LogP contribution in [0.5, 0.6) is 0 Å². The molecule has 0 aromatic heterocycles. The number of likely N-dealkylation sites (tertiary alicyclic amines) is 1. The first-order valence-electron chi connectivity index (χ1n) is 8.54. The topological polar surface area (TPSA) is 49.9 Å². The summed E-state index contributed by atoms with van der Waals surface area (Å²) in [4.78, 5) is 29.5. The van der Waals surface area contributed by atoms with Crippen LogP contribution in [0.1, 0.15) is 40.0 Å². The van der Waals surface area contributed by atoms with Crippen molar-refractivity contribution in [3.63, 3.8) is 0 Å². The predicted molar refractivity (Wildman–Crippen MR) is 83.2 cm³/mol. The van der Waals surface area contributed by atoms with Gasteiger partial charge >= 0.3 is 0 Å². The highest BCUT2D eigenvalue weighted by Crippen LogP contribution is 2.59. The molecule has 2 bridgehead atoms.